The third kappa shape index (κ3) is 4.31. The summed E-state index contributed by atoms with van der Waals surface area (Å²) in [6.45, 7) is 1.60. The molecule has 1 N–H and O–H groups in total. The maximum atomic E-state index is 13.0. The van der Waals surface area contributed by atoms with Crippen molar-refractivity contribution >= 4 is 15.9 Å². The lowest BCUT2D eigenvalue weighted by molar-refractivity contribution is -0.137. The van der Waals surface area contributed by atoms with Crippen molar-refractivity contribution in [1.29, 1.82) is 0 Å². The second-order valence-corrected chi connectivity index (χ2v) is 10.7. The van der Waals surface area contributed by atoms with Gasteiger partial charge >= 0.3 is 0 Å². The molecular formula is C20H30N4O5S. The fraction of sp³-hybridized carbons (Fsp3) is 0.750. The van der Waals surface area contributed by atoms with Gasteiger partial charge in [-0.2, -0.15) is 4.31 Å². The van der Waals surface area contributed by atoms with Gasteiger partial charge in [-0.1, -0.05) is 6.42 Å². The number of nitrogens with one attached hydrogen (secondary N) is 1. The number of sulfonamides is 1. The van der Waals surface area contributed by atoms with E-state index in [0.717, 1.165) is 32.1 Å². The summed E-state index contributed by atoms with van der Waals surface area (Å²) in [7, 11) is -1.63. The second kappa shape index (κ2) is 8.39. The summed E-state index contributed by atoms with van der Waals surface area (Å²) < 4.78 is 30.6. The number of amides is 1. The minimum absolute atomic E-state index is 0.00121. The van der Waals surface area contributed by atoms with Crippen LogP contribution in [-0.4, -0.2) is 72.6 Å². The highest BCUT2D eigenvalue weighted by molar-refractivity contribution is 7.88. The molecule has 1 amide bonds. The van der Waals surface area contributed by atoms with Gasteiger partial charge in [0.15, 0.2) is 0 Å². The van der Waals surface area contributed by atoms with E-state index in [-0.39, 0.29) is 36.0 Å². The lowest BCUT2D eigenvalue weighted by atomic mass is 9.86. The summed E-state index contributed by atoms with van der Waals surface area (Å²) >= 11 is 0. The molecule has 0 bridgehead atoms. The summed E-state index contributed by atoms with van der Waals surface area (Å²) in [5, 5.41) is 0. The van der Waals surface area contributed by atoms with Crippen LogP contribution in [0.1, 0.15) is 55.1 Å². The van der Waals surface area contributed by atoms with Crippen molar-refractivity contribution < 1.29 is 17.9 Å². The SMILES string of the molecule is CO[C@H]1CCC[C@@H](C(=O)N2CC[C@H](c3nc4c(c(=O)[nH]3)CCN(S(C)(=O)=O)C4)C2)C1. The number of nitrogens with zero attached hydrogens (tertiary/aromatic N) is 3. The Hall–Kier alpha value is -1.78. The van der Waals surface area contributed by atoms with Crippen LogP contribution in [0.2, 0.25) is 0 Å². The maximum absolute atomic E-state index is 13.0. The van der Waals surface area contributed by atoms with Crippen LogP contribution in [-0.2, 0) is 32.5 Å². The van der Waals surface area contributed by atoms with E-state index in [9.17, 15) is 18.0 Å². The van der Waals surface area contributed by atoms with Gasteiger partial charge in [0, 0.05) is 44.1 Å². The predicted molar refractivity (Wildman–Crippen MR) is 111 cm³/mol. The lowest BCUT2D eigenvalue weighted by Crippen LogP contribution is -2.39. The number of aromatic amines is 1. The fourth-order valence-electron chi connectivity index (χ4n) is 4.94. The van der Waals surface area contributed by atoms with Crippen LogP contribution in [0.15, 0.2) is 4.79 Å². The zero-order valence-electron chi connectivity index (χ0n) is 17.6. The quantitative estimate of drug-likeness (QED) is 0.737. The Bertz CT molecular complexity index is 976. The molecule has 1 saturated heterocycles. The molecule has 1 aliphatic carbocycles. The van der Waals surface area contributed by atoms with Crippen molar-refractivity contribution in [1.82, 2.24) is 19.2 Å². The molecule has 1 aromatic heterocycles. The van der Waals surface area contributed by atoms with Crippen molar-refractivity contribution in [3.05, 3.63) is 27.4 Å². The smallest absolute Gasteiger partial charge is 0.254 e. The minimum Gasteiger partial charge on any atom is -0.381 e. The number of carbonyl (C=O) groups excluding carboxylic acids is 1. The molecular weight excluding hydrogens is 408 g/mol. The molecule has 0 spiro atoms. The Labute approximate surface area is 176 Å². The maximum Gasteiger partial charge on any atom is 0.254 e. The van der Waals surface area contributed by atoms with Crippen LogP contribution < -0.4 is 5.56 Å². The molecule has 3 heterocycles. The first-order valence-corrected chi connectivity index (χ1v) is 12.5. The van der Waals surface area contributed by atoms with E-state index in [0.29, 0.717) is 43.1 Å². The Morgan fingerprint density at radius 2 is 2.03 bits per heavy atom. The Morgan fingerprint density at radius 1 is 1.23 bits per heavy atom. The van der Waals surface area contributed by atoms with E-state index >= 15 is 0 Å². The number of ether oxygens (including phenoxy) is 1. The summed E-state index contributed by atoms with van der Waals surface area (Å²) in [5.74, 6) is 0.689. The molecule has 3 atom stereocenters. The second-order valence-electron chi connectivity index (χ2n) is 8.71. The molecule has 1 saturated carbocycles. The standard InChI is InChI=1S/C20H30N4O5S/c1-29-15-5-3-4-13(10-15)20(26)23-8-6-14(11-23)18-21-17-12-24(30(2,27)28)9-7-16(17)19(25)22-18/h13-15H,3-12H2,1-2H3,(H,21,22,25)/t13-,14+,15+/m1/s1. The summed E-state index contributed by atoms with van der Waals surface area (Å²) in [5.41, 5.74) is 0.908. The van der Waals surface area contributed by atoms with Gasteiger partial charge in [0.25, 0.3) is 5.56 Å². The van der Waals surface area contributed by atoms with Gasteiger partial charge in [-0.15, -0.1) is 0 Å². The molecule has 0 aromatic carbocycles. The highest BCUT2D eigenvalue weighted by Gasteiger charge is 2.36. The zero-order chi connectivity index (χ0) is 21.5. The Balaban J connectivity index is 1.47. The number of aromatic nitrogens is 2. The Morgan fingerprint density at radius 3 is 2.77 bits per heavy atom. The number of fused-ring (bicyclic) bond motifs is 1. The Kier molecular flexibility index (Phi) is 6.00. The number of carbonyl (C=O) groups is 1. The number of hydrogen-bond acceptors (Lipinski definition) is 6. The highest BCUT2D eigenvalue weighted by atomic mass is 32.2. The number of methoxy groups -OCH3 is 1. The monoisotopic (exact) mass is 438 g/mol. The van der Waals surface area contributed by atoms with Gasteiger partial charge in [0.2, 0.25) is 15.9 Å². The average molecular weight is 439 g/mol. The molecule has 3 aliphatic rings. The molecule has 2 fully saturated rings. The lowest BCUT2D eigenvalue weighted by Gasteiger charge is -2.30. The van der Waals surface area contributed by atoms with Crippen LogP contribution in [0, 0.1) is 5.92 Å². The molecule has 10 heteroatoms. The van der Waals surface area contributed by atoms with Crippen molar-refractivity contribution in [3.8, 4) is 0 Å². The molecule has 1 aromatic rings. The third-order valence-corrected chi connectivity index (χ3v) is 7.97. The number of rotatable bonds is 4. The predicted octanol–water partition coefficient (Wildman–Crippen LogP) is 0.609. The topological polar surface area (TPSA) is 113 Å². The molecule has 2 aliphatic heterocycles. The first kappa shape index (κ1) is 21.5. The summed E-state index contributed by atoms with van der Waals surface area (Å²) in [6.07, 6.45) is 6.11. The van der Waals surface area contributed by atoms with E-state index in [4.69, 9.17) is 4.74 Å². The van der Waals surface area contributed by atoms with Crippen LogP contribution in [0.5, 0.6) is 0 Å². The van der Waals surface area contributed by atoms with Crippen LogP contribution in [0.4, 0.5) is 0 Å². The number of hydrogen-bond donors (Lipinski definition) is 1. The first-order chi connectivity index (χ1) is 14.3. The van der Waals surface area contributed by atoms with Crippen molar-refractivity contribution in [2.75, 3.05) is 33.0 Å². The van der Waals surface area contributed by atoms with Gasteiger partial charge in [-0.3, -0.25) is 9.59 Å². The van der Waals surface area contributed by atoms with E-state index in [1.807, 2.05) is 4.90 Å². The zero-order valence-corrected chi connectivity index (χ0v) is 18.4. The molecule has 0 unspecified atom stereocenters. The largest absolute Gasteiger partial charge is 0.381 e. The van der Waals surface area contributed by atoms with Crippen LogP contribution in [0.3, 0.4) is 0 Å². The van der Waals surface area contributed by atoms with Crippen molar-refractivity contribution in [2.45, 2.75) is 57.1 Å². The van der Waals surface area contributed by atoms with E-state index in [2.05, 4.69) is 9.97 Å². The minimum atomic E-state index is -3.33. The van der Waals surface area contributed by atoms with E-state index in [1.165, 1.54) is 10.6 Å². The van der Waals surface area contributed by atoms with Gasteiger partial charge in [-0.05, 0) is 32.1 Å². The molecule has 9 nitrogen and oxygen atoms in total. The van der Waals surface area contributed by atoms with Crippen molar-refractivity contribution in [3.63, 3.8) is 0 Å². The highest BCUT2D eigenvalue weighted by Crippen LogP contribution is 2.31. The van der Waals surface area contributed by atoms with E-state index in [1.54, 1.807) is 7.11 Å². The molecule has 166 valence electrons. The third-order valence-electron chi connectivity index (χ3n) is 6.72. The van der Waals surface area contributed by atoms with Gasteiger partial charge in [0.1, 0.15) is 5.82 Å². The van der Waals surface area contributed by atoms with Crippen molar-refractivity contribution in [2.24, 2.45) is 5.92 Å². The molecule has 4 rings (SSSR count). The first-order valence-electron chi connectivity index (χ1n) is 10.6. The average Bonchev–Trinajstić information content (AvgIpc) is 3.22. The van der Waals surface area contributed by atoms with E-state index < -0.39 is 10.0 Å². The number of H-pyrrole nitrogens is 1. The van der Waals surface area contributed by atoms with Crippen LogP contribution in [0.25, 0.3) is 0 Å². The fourth-order valence-corrected chi connectivity index (χ4v) is 5.72. The normalized spacial score (nSPS) is 27.8. The number of likely N-dealkylation sites (tertiary alicyclic amines) is 1. The van der Waals surface area contributed by atoms with Gasteiger partial charge in [0.05, 0.1) is 24.6 Å². The van der Waals surface area contributed by atoms with Gasteiger partial charge in [-0.25, -0.2) is 13.4 Å². The summed E-state index contributed by atoms with van der Waals surface area (Å²) in [4.78, 5) is 35.0. The van der Waals surface area contributed by atoms with Gasteiger partial charge < -0.3 is 14.6 Å². The summed E-state index contributed by atoms with van der Waals surface area (Å²) in [6, 6.07) is 0. The molecule has 0 radical (unpaired) electrons. The molecule has 30 heavy (non-hydrogen) atoms. The van der Waals surface area contributed by atoms with Crippen LogP contribution >= 0.6 is 0 Å².